The zero-order valence-electron chi connectivity index (χ0n) is 16.2. The topological polar surface area (TPSA) is 34.5 Å². The number of nitrogens with zero attached hydrogens (tertiary/aromatic N) is 2. The Bertz CT molecular complexity index is 1420. The van der Waals surface area contributed by atoms with Crippen LogP contribution in [0, 0.1) is 0 Å². The lowest BCUT2D eigenvalue weighted by molar-refractivity contribution is 0.229. The monoisotopic (exact) mass is 386 g/mol. The predicted octanol–water partition coefficient (Wildman–Crippen LogP) is 6.59. The number of benzene rings is 4. The number of aliphatic imine (C=N–C) groups is 1. The van der Waals surface area contributed by atoms with Crippen LogP contribution < -0.4 is 0 Å². The summed E-state index contributed by atoms with van der Waals surface area (Å²) in [6.07, 6.45) is 1.52. The third kappa shape index (κ3) is 2.83. The summed E-state index contributed by atoms with van der Waals surface area (Å²) in [5, 5.41) is 4.76. The molecule has 1 unspecified atom stereocenters. The van der Waals surface area contributed by atoms with Gasteiger partial charge in [0.05, 0.1) is 5.69 Å². The average Bonchev–Trinajstić information content (AvgIpc) is 2.82. The van der Waals surface area contributed by atoms with E-state index in [-0.39, 0.29) is 6.10 Å². The van der Waals surface area contributed by atoms with E-state index in [4.69, 9.17) is 9.73 Å². The second-order valence-electron chi connectivity index (χ2n) is 7.49. The number of hydrogen-bond donors (Lipinski definition) is 0. The molecular formula is C27H18N2O. The summed E-state index contributed by atoms with van der Waals surface area (Å²) in [4.78, 5) is 9.30. The van der Waals surface area contributed by atoms with E-state index in [1.807, 2.05) is 18.2 Å². The van der Waals surface area contributed by atoms with E-state index in [0.29, 0.717) is 5.90 Å². The van der Waals surface area contributed by atoms with Crippen LogP contribution in [0.15, 0.2) is 108 Å². The first-order chi connectivity index (χ1) is 14.8. The Balaban J connectivity index is 1.57. The predicted molar refractivity (Wildman–Crippen MR) is 121 cm³/mol. The van der Waals surface area contributed by atoms with Crippen molar-refractivity contribution in [2.75, 3.05) is 0 Å². The minimum atomic E-state index is -0.247. The summed E-state index contributed by atoms with van der Waals surface area (Å²) >= 11 is 0. The van der Waals surface area contributed by atoms with Gasteiger partial charge in [0.2, 0.25) is 5.90 Å². The first-order valence-corrected chi connectivity index (χ1v) is 10.0. The SMILES string of the molecule is c1ccc(C2=Nc3cc4ccccc4cc3C(c3ccc4ccccc4c3)O2)nc1. The van der Waals surface area contributed by atoms with Crippen molar-refractivity contribution in [3.05, 3.63) is 120 Å². The highest BCUT2D eigenvalue weighted by Gasteiger charge is 2.27. The van der Waals surface area contributed by atoms with Gasteiger partial charge in [-0.3, -0.25) is 4.98 Å². The highest BCUT2D eigenvalue weighted by molar-refractivity contribution is 5.98. The van der Waals surface area contributed by atoms with Crippen LogP contribution in [0.25, 0.3) is 21.5 Å². The Labute approximate surface area is 174 Å². The van der Waals surface area contributed by atoms with Gasteiger partial charge in [-0.2, -0.15) is 0 Å². The number of aromatic nitrogens is 1. The van der Waals surface area contributed by atoms with Crippen LogP contribution in [-0.4, -0.2) is 10.9 Å². The molecule has 0 radical (unpaired) electrons. The maximum Gasteiger partial charge on any atom is 0.241 e. The lowest BCUT2D eigenvalue weighted by Gasteiger charge is -2.27. The quantitative estimate of drug-likeness (QED) is 0.343. The van der Waals surface area contributed by atoms with Gasteiger partial charge in [-0.25, -0.2) is 4.99 Å². The van der Waals surface area contributed by atoms with Crippen LogP contribution >= 0.6 is 0 Å². The summed E-state index contributed by atoms with van der Waals surface area (Å²) in [5.74, 6) is 0.552. The highest BCUT2D eigenvalue weighted by Crippen LogP contribution is 2.41. The summed E-state index contributed by atoms with van der Waals surface area (Å²) in [6, 6.07) is 33.4. The summed E-state index contributed by atoms with van der Waals surface area (Å²) < 4.78 is 6.47. The highest BCUT2D eigenvalue weighted by atomic mass is 16.5. The molecule has 1 aromatic heterocycles. The van der Waals surface area contributed by atoms with Gasteiger partial charge in [-0.15, -0.1) is 0 Å². The molecule has 0 amide bonds. The minimum absolute atomic E-state index is 0.247. The van der Waals surface area contributed by atoms with Crippen LogP contribution in [0.2, 0.25) is 0 Å². The van der Waals surface area contributed by atoms with Gasteiger partial charge in [0, 0.05) is 11.8 Å². The number of pyridine rings is 1. The maximum atomic E-state index is 6.47. The molecule has 0 saturated carbocycles. The molecule has 1 aliphatic heterocycles. The van der Waals surface area contributed by atoms with Gasteiger partial charge >= 0.3 is 0 Å². The molecule has 0 saturated heterocycles. The molecule has 30 heavy (non-hydrogen) atoms. The molecule has 2 heterocycles. The minimum Gasteiger partial charge on any atom is -0.463 e. The van der Waals surface area contributed by atoms with E-state index in [1.54, 1.807) is 6.20 Å². The molecule has 0 N–H and O–H groups in total. The third-order valence-electron chi connectivity index (χ3n) is 5.59. The Morgan fingerprint density at radius 1 is 0.633 bits per heavy atom. The van der Waals surface area contributed by atoms with Crippen molar-refractivity contribution in [3.8, 4) is 0 Å². The summed E-state index contributed by atoms with van der Waals surface area (Å²) in [5.41, 5.74) is 3.85. The average molecular weight is 386 g/mol. The Hall–Kier alpha value is -3.98. The molecule has 6 rings (SSSR count). The van der Waals surface area contributed by atoms with Gasteiger partial charge in [0.15, 0.2) is 6.10 Å². The van der Waals surface area contributed by atoms with Crippen molar-refractivity contribution in [2.24, 2.45) is 4.99 Å². The van der Waals surface area contributed by atoms with Crippen LogP contribution in [0.1, 0.15) is 22.9 Å². The van der Waals surface area contributed by atoms with E-state index >= 15 is 0 Å². The normalized spacial score (nSPS) is 15.5. The molecular weight excluding hydrogens is 368 g/mol. The van der Waals surface area contributed by atoms with Gasteiger partial charge in [0.1, 0.15) is 5.69 Å². The van der Waals surface area contributed by atoms with Crippen LogP contribution in [0.5, 0.6) is 0 Å². The second kappa shape index (κ2) is 6.82. The van der Waals surface area contributed by atoms with E-state index in [0.717, 1.165) is 22.5 Å². The fourth-order valence-electron chi connectivity index (χ4n) is 4.09. The molecule has 4 aromatic carbocycles. The molecule has 3 nitrogen and oxygen atoms in total. The van der Waals surface area contributed by atoms with Crippen molar-refractivity contribution in [3.63, 3.8) is 0 Å². The molecule has 3 heteroatoms. The van der Waals surface area contributed by atoms with Crippen LogP contribution in [0.4, 0.5) is 5.69 Å². The number of ether oxygens (including phenoxy) is 1. The molecule has 5 aromatic rings. The van der Waals surface area contributed by atoms with Crippen molar-refractivity contribution in [1.82, 2.24) is 4.98 Å². The van der Waals surface area contributed by atoms with Gasteiger partial charge in [-0.05, 0) is 57.4 Å². The molecule has 0 spiro atoms. The Morgan fingerprint density at radius 2 is 1.33 bits per heavy atom. The smallest absolute Gasteiger partial charge is 0.241 e. The molecule has 1 atom stereocenters. The fourth-order valence-corrected chi connectivity index (χ4v) is 4.09. The van der Waals surface area contributed by atoms with Crippen LogP contribution in [0.3, 0.4) is 0 Å². The van der Waals surface area contributed by atoms with Crippen molar-refractivity contribution < 1.29 is 4.74 Å². The summed E-state index contributed by atoms with van der Waals surface area (Å²) in [7, 11) is 0. The van der Waals surface area contributed by atoms with Crippen LogP contribution in [-0.2, 0) is 4.74 Å². The first kappa shape index (κ1) is 16.9. The number of rotatable bonds is 2. The molecule has 0 aliphatic carbocycles. The number of fused-ring (bicyclic) bond motifs is 3. The molecule has 1 aliphatic rings. The standard InChI is InChI=1S/C27H18N2O/c1-2-8-19-15-22(13-12-18(19)7-1)26-23-16-20-9-3-4-10-21(20)17-25(23)29-27(30-26)24-11-5-6-14-28-24/h1-17,26H. The second-order valence-corrected chi connectivity index (χ2v) is 7.49. The van der Waals surface area contributed by atoms with Crippen molar-refractivity contribution >= 4 is 33.1 Å². The number of hydrogen-bond acceptors (Lipinski definition) is 3. The third-order valence-corrected chi connectivity index (χ3v) is 5.59. The van der Waals surface area contributed by atoms with Gasteiger partial charge in [-0.1, -0.05) is 66.7 Å². The molecule has 142 valence electrons. The largest absolute Gasteiger partial charge is 0.463 e. The first-order valence-electron chi connectivity index (χ1n) is 10.0. The Morgan fingerprint density at radius 3 is 2.10 bits per heavy atom. The van der Waals surface area contributed by atoms with E-state index in [2.05, 4.69) is 83.8 Å². The van der Waals surface area contributed by atoms with Crippen molar-refractivity contribution in [1.29, 1.82) is 0 Å². The zero-order valence-corrected chi connectivity index (χ0v) is 16.2. The zero-order chi connectivity index (χ0) is 19.9. The van der Waals surface area contributed by atoms with Crippen molar-refractivity contribution in [2.45, 2.75) is 6.10 Å². The maximum absolute atomic E-state index is 6.47. The lowest BCUT2D eigenvalue weighted by atomic mass is 9.94. The van der Waals surface area contributed by atoms with E-state index in [9.17, 15) is 0 Å². The summed E-state index contributed by atoms with van der Waals surface area (Å²) in [6.45, 7) is 0. The lowest BCUT2D eigenvalue weighted by Crippen LogP contribution is -2.18. The van der Waals surface area contributed by atoms with Gasteiger partial charge < -0.3 is 4.74 Å². The fraction of sp³-hybridized carbons (Fsp3) is 0.0370. The van der Waals surface area contributed by atoms with E-state index in [1.165, 1.54) is 21.5 Å². The Kier molecular flexibility index (Phi) is 3.85. The molecule has 0 bridgehead atoms. The molecule has 0 fully saturated rings. The van der Waals surface area contributed by atoms with E-state index < -0.39 is 0 Å². The van der Waals surface area contributed by atoms with Gasteiger partial charge in [0.25, 0.3) is 0 Å².